The van der Waals surface area contributed by atoms with Crippen molar-refractivity contribution in [3.8, 4) is 11.3 Å². The number of hydrogen-bond acceptors (Lipinski definition) is 6. The molecule has 2 aromatic heterocycles. The smallest absolute Gasteiger partial charge is 0.328 e. The van der Waals surface area contributed by atoms with Gasteiger partial charge in [-0.25, -0.2) is 9.78 Å². The monoisotopic (exact) mass is 339 g/mol. The number of nitrogens with zero attached hydrogens (tertiary/aromatic N) is 5. The first kappa shape index (κ1) is 16.9. The highest BCUT2D eigenvalue weighted by atomic mass is 16.5. The Kier molecular flexibility index (Phi) is 4.65. The van der Waals surface area contributed by atoms with Crippen LogP contribution in [-0.4, -0.2) is 44.7 Å². The van der Waals surface area contributed by atoms with Crippen LogP contribution in [0.2, 0.25) is 0 Å². The number of aromatic nitrogens is 4. The Bertz CT molecular complexity index is 876. The summed E-state index contributed by atoms with van der Waals surface area (Å²) >= 11 is 0. The minimum Gasteiger partial charge on any atom is -0.461 e. The van der Waals surface area contributed by atoms with Gasteiger partial charge >= 0.3 is 5.97 Å². The Morgan fingerprint density at radius 2 is 1.92 bits per heavy atom. The van der Waals surface area contributed by atoms with E-state index >= 15 is 0 Å². The zero-order valence-corrected chi connectivity index (χ0v) is 14.7. The minimum atomic E-state index is -0.471. The molecule has 130 valence electrons. The van der Waals surface area contributed by atoms with Crippen LogP contribution in [0.25, 0.3) is 17.0 Å². The molecule has 0 aliphatic heterocycles. The quantitative estimate of drug-likeness (QED) is 0.665. The van der Waals surface area contributed by atoms with E-state index < -0.39 is 6.04 Å². The first-order valence-electron chi connectivity index (χ1n) is 8.17. The van der Waals surface area contributed by atoms with Gasteiger partial charge in [0, 0.05) is 18.7 Å². The van der Waals surface area contributed by atoms with E-state index in [1.54, 1.807) is 11.4 Å². The van der Waals surface area contributed by atoms with Gasteiger partial charge < -0.3 is 9.64 Å². The van der Waals surface area contributed by atoms with Gasteiger partial charge in [-0.2, -0.15) is 14.6 Å². The molecule has 0 saturated carbocycles. The Balaban J connectivity index is 2.02. The van der Waals surface area contributed by atoms with Crippen molar-refractivity contribution >= 4 is 17.6 Å². The van der Waals surface area contributed by atoms with Gasteiger partial charge in [-0.1, -0.05) is 30.3 Å². The highest BCUT2D eigenvalue weighted by Crippen LogP contribution is 2.24. The van der Waals surface area contributed by atoms with Gasteiger partial charge in [0.05, 0.1) is 11.8 Å². The summed E-state index contributed by atoms with van der Waals surface area (Å²) < 4.78 is 6.94. The Morgan fingerprint density at radius 1 is 1.20 bits per heavy atom. The van der Waals surface area contributed by atoms with E-state index in [1.165, 1.54) is 6.33 Å². The van der Waals surface area contributed by atoms with Crippen molar-refractivity contribution in [2.45, 2.75) is 32.9 Å². The van der Waals surface area contributed by atoms with Crippen LogP contribution in [0, 0.1) is 0 Å². The maximum absolute atomic E-state index is 12.3. The number of likely N-dealkylation sites (N-methyl/N-ethyl adjacent to an activating group) is 1. The summed E-state index contributed by atoms with van der Waals surface area (Å²) in [6, 6.07) is 11.3. The molecule has 0 spiro atoms. The van der Waals surface area contributed by atoms with E-state index in [0.717, 1.165) is 17.1 Å². The molecule has 0 aliphatic rings. The molecular weight excluding hydrogens is 318 g/mol. The third-order valence-electron chi connectivity index (χ3n) is 3.94. The molecule has 3 aromatic rings. The lowest BCUT2D eigenvalue weighted by Crippen LogP contribution is -2.39. The molecule has 1 unspecified atom stereocenters. The van der Waals surface area contributed by atoms with Crippen molar-refractivity contribution in [1.82, 2.24) is 19.6 Å². The normalized spacial score (nSPS) is 12.4. The largest absolute Gasteiger partial charge is 0.461 e. The zero-order valence-electron chi connectivity index (χ0n) is 14.7. The molecule has 3 rings (SSSR count). The topological polar surface area (TPSA) is 72.6 Å². The molecule has 7 nitrogen and oxygen atoms in total. The number of anilines is 1. The van der Waals surface area contributed by atoms with Crippen molar-refractivity contribution in [3.05, 3.63) is 42.7 Å². The molecule has 0 saturated heterocycles. The number of ether oxygens (including phenoxy) is 1. The van der Waals surface area contributed by atoms with Crippen molar-refractivity contribution in [3.63, 3.8) is 0 Å². The van der Waals surface area contributed by atoms with Crippen LogP contribution >= 0.6 is 0 Å². The van der Waals surface area contributed by atoms with Crippen LogP contribution in [0.4, 0.5) is 5.82 Å². The highest BCUT2D eigenvalue weighted by Gasteiger charge is 2.24. The molecule has 1 atom stereocenters. The van der Waals surface area contributed by atoms with Crippen LogP contribution < -0.4 is 4.90 Å². The lowest BCUT2D eigenvalue weighted by molar-refractivity contribution is -0.148. The number of fused-ring (bicyclic) bond motifs is 1. The lowest BCUT2D eigenvalue weighted by atomic mass is 10.1. The summed E-state index contributed by atoms with van der Waals surface area (Å²) in [4.78, 5) is 22.8. The number of carbonyl (C=O) groups is 1. The van der Waals surface area contributed by atoms with E-state index in [4.69, 9.17) is 4.74 Å². The number of esters is 1. The molecule has 0 N–H and O–H groups in total. The standard InChI is InChI=1S/C18H21N5O2/c1-12(2)25-17(24)13(3)22(4)16-10-15(14-8-6-5-7-9-14)21-18-19-11-20-23(16)18/h5-13H,1-4H3. The van der Waals surface area contributed by atoms with Gasteiger partial charge in [0.1, 0.15) is 18.2 Å². The summed E-state index contributed by atoms with van der Waals surface area (Å²) in [6.45, 7) is 5.47. The summed E-state index contributed by atoms with van der Waals surface area (Å²) in [5.74, 6) is 0.908. The van der Waals surface area contributed by atoms with Gasteiger partial charge in [-0.3, -0.25) is 0 Å². The summed E-state index contributed by atoms with van der Waals surface area (Å²) in [6.07, 6.45) is 1.29. The molecule has 25 heavy (non-hydrogen) atoms. The van der Waals surface area contributed by atoms with E-state index in [0.29, 0.717) is 5.78 Å². The van der Waals surface area contributed by atoms with E-state index in [9.17, 15) is 4.79 Å². The fourth-order valence-electron chi connectivity index (χ4n) is 2.49. The average Bonchev–Trinajstić information content (AvgIpc) is 3.08. The second kappa shape index (κ2) is 6.88. The van der Waals surface area contributed by atoms with Crippen LogP contribution in [0.5, 0.6) is 0 Å². The summed E-state index contributed by atoms with van der Waals surface area (Å²) in [7, 11) is 1.83. The maximum atomic E-state index is 12.3. The zero-order chi connectivity index (χ0) is 18.0. The Hall–Kier alpha value is -2.96. The van der Waals surface area contributed by atoms with Crippen molar-refractivity contribution in [1.29, 1.82) is 0 Å². The Labute approximate surface area is 146 Å². The average molecular weight is 339 g/mol. The predicted octanol–water partition coefficient (Wildman–Crippen LogP) is 2.57. The van der Waals surface area contributed by atoms with Gasteiger partial charge in [-0.15, -0.1) is 0 Å². The molecule has 0 bridgehead atoms. The number of hydrogen-bond donors (Lipinski definition) is 0. The molecule has 0 fully saturated rings. The first-order valence-corrected chi connectivity index (χ1v) is 8.17. The highest BCUT2D eigenvalue weighted by molar-refractivity contribution is 5.80. The van der Waals surface area contributed by atoms with Gasteiger partial charge in [0.25, 0.3) is 5.78 Å². The lowest BCUT2D eigenvalue weighted by Gasteiger charge is -2.26. The van der Waals surface area contributed by atoms with Gasteiger partial charge in [-0.05, 0) is 20.8 Å². The minimum absolute atomic E-state index is 0.160. The summed E-state index contributed by atoms with van der Waals surface area (Å²) in [5, 5.41) is 4.23. The Morgan fingerprint density at radius 3 is 2.60 bits per heavy atom. The third kappa shape index (κ3) is 3.45. The molecule has 0 aliphatic carbocycles. The molecule has 2 heterocycles. The van der Waals surface area contributed by atoms with Crippen LogP contribution in [0.1, 0.15) is 20.8 Å². The fourth-order valence-corrected chi connectivity index (χ4v) is 2.49. The SMILES string of the molecule is CC(C)OC(=O)C(C)N(C)c1cc(-c2ccccc2)nc2ncnn12. The number of rotatable bonds is 5. The van der Waals surface area contributed by atoms with E-state index in [-0.39, 0.29) is 12.1 Å². The van der Waals surface area contributed by atoms with Gasteiger partial charge in [0.15, 0.2) is 0 Å². The molecule has 0 radical (unpaired) electrons. The number of carbonyl (C=O) groups excluding carboxylic acids is 1. The maximum Gasteiger partial charge on any atom is 0.328 e. The van der Waals surface area contributed by atoms with Crippen molar-refractivity contribution < 1.29 is 9.53 Å². The van der Waals surface area contributed by atoms with Crippen LogP contribution in [0.3, 0.4) is 0 Å². The predicted molar refractivity (Wildman–Crippen MR) is 95.3 cm³/mol. The molecule has 7 heteroatoms. The van der Waals surface area contributed by atoms with Crippen molar-refractivity contribution in [2.24, 2.45) is 0 Å². The van der Waals surface area contributed by atoms with Gasteiger partial charge in [0.2, 0.25) is 0 Å². The second-order valence-corrected chi connectivity index (χ2v) is 6.11. The summed E-state index contributed by atoms with van der Waals surface area (Å²) in [5.41, 5.74) is 1.74. The van der Waals surface area contributed by atoms with E-state index in [2.05, 4.69) is 15.1 Å². The second-order valence-electron chi connectivity index (χ2n) is 6.11. The fraction of sp³-hybridized carbons (Fsp3) is 0.333. The number of benzene rings is 1. The molecule has 1 aromatic carbocycles. The molecular formula is C18H21N5O2. The molecule has 0 amide bonds. The third-order valence-corrected chi connectivity index (χ3v) is 3.94. The first-order chi connectivity index (χ1) is 12.0. The van der Waals surface area contributed by atoms with Crippen LogP contribution in [-0.2, 0) is 9.53 Å². The van der Waals surface area contributed by atoms with Crippen molar-refractivity contribution in [2.75, 3.05) is 11.9 Å². The van der Waals surface area contributed by atoms with Crippen LogP contribution in [0.15, 0.2) is 42.7 Å². The van der Waals surface area contributed by atoms with E-state index in [1.807, 2.05) is 62.2 Å².